The number of ketones is 1. The monoisotopic (exact) mass is 294 g/mol. The summed E-state index contributed by atoms with van der Waals surface area (Å²) in [6, 6.07) is 0. The van der Waals surface area contributed by atoms with Gasteiger partial charge in [-0.15, -0.1) is 0 Å². The van der Waals surface area contributed by atoms with Crippen molar-refractivity contribution in [1.82, 2.24) is 19.6 Å². The van der Waals surface area contributed by atoms with E-state index < -0.39 is 0 Å². The topological polar surface area (TPSA) is 52.7 Å². The Morgan fingerprint density at radius 2 is 1.85 bits per heavy atom. The summed E-state index contributed by atoms with van der Waals surface area (Å²) in [6.45, 7) is 8.28. The molecule has 108 valence electrons. The number of aryl methyl sites for hydroxylation is 4. The first kappa shape index (κ1) is 14.8. The largest absolute Gasteiger partial charge is 0.294 e. The molecule has 2 aromatic rings. The Morgan fingerprint density at radius 3 is 2.35 bits per heavy atom. The number of halogens is 1. The van der Waals surface area contributed by atoms with Gasteiger partial charge < -0.3 is 0 Å². The highest BCUT2D eigenvalue weighted by atomic mass is 35.5. The van der Waals surface area contributed by atoms with E-state index in [-0.39, 0.29) is 12.2 Å². The van der Waals surface area contributed by atoms with Crippen molar-refractivity contribution in [2.45, 2.75) is 40.7 Å². The Labute approximate surface area is 123 Å². The molecule has 0 radical (unpaired) electrons. The zero-order valence-corrected chi connectivity index (χ0v) is 13.2. The lowest BCUT2D eigenvalue weighted by Gasteiger charge is -2.05. The molecule has 0 aliphatic heterocycles. The summed E-state index contributed by atoms with van der Waals surface area (Å²) >= 11 is 6.25. The van der Waals surface area contributed by atoms with E-state index in [1.807, 2.05) is 34.7 Å². The van der Waals surface area contributed by atoms with Gasteiger partial charge in [0, 0.05) is 19.3 Å². The van der Waals surface area contributed by atoms with Crippen molar-refractivity contribution < 1.29 is 4.79 Å². The minimum Gasteiger partial charge on any atom is -0.294 e. The third-order valence-electron chi connectivity index (χ3n) is 3.57. The smallest absolute Gasteiger partial charge is 0.172 e. The maximum Gasteiger partial charge on any atom is 0.172 e. The van der Waals surface area contributed by atoms with Crippen LogP contribution in [0.15, 0.2) is 0 Å². The highest BCUT2D eigenvalue weighted by Crippen LogP contribution is 2.23. The van der Waals surface area contributed by atoms with Gasteiger partial charge in [0.05, 0.1) is 34.1 Å². The Hall–Kier alpha value is -1.62. The van der Waals surface area contributed by atoms with E-state index in [1.54, 1.807) is 9.36 Å². The van der Waals surface area contributed by atoms with E-state index in [9.17, 15) is 4.79 Å². The van der Waals surface area contributed by atoms with Crippen LogP contribution >= 0.6 is 11.6 Å². The van der Waals surface area contributed by atoms with E-state index >= 15 is 0 Å². The summed E-state index contributed by atoms with van der Waals surface area (Å²) in [4.78, 5) is 12.5. The van der Waals surface area contributed by atoms with Gasteiger partial charge in [0.15, 0.2) is 5.78 Å². The predicted octanol–water partition coefficient (Wildman–Crippen LogP) is 2.64. The second-order valence-electron chi connectivity index (χ2n) is 4.93. The maximum atomic E-state index is 12.5. The van der Waals surface area contributed by atoms with E-state index in [0.29, 0.717) is 17.1 Å². The Balaban J connectivity index is 2.37. The van der Waals surface area contributed by atoms with Crippen LogP contribution in [0.25, 0.3) is 0 Å². The van der Waals surface area contributed by atoms with Gasteiger partial charge in [0.2, 0.25) is 0 Å². The minimum absolute atomic E-state index is 0.0320. The van der Waals surface area contributed by atoms with Crippen molar-refractivity contribution in [2.75, 3.05) is 0 Å². The molecule has 0 saturated carbocycles. The van der Waals surface area contributed by atoms with E-state index in [4.69, 9.17) is 11.6 Å². The van der Waals surface area contributed by atoms with Gasteiger partial charge in [-0.1, -0.05) is 11.6 Å². The lowest BCUT2D eigenvalue weighted by molar-refractivity contribution is 0.0989. The van der Waals surface area contributed by atoms with Gasteiger partial charge in [0.25, 0.3) is 0 Å². The van der Waals surface area contributed by atoms with Gasteiger partial charge in [-0.05, 0) is 27.7 Å². The third-order valence-corrected chi connectivity index (χ3v) is 4.06. The fraction of sp³-hybridized carbons (Fsp3) is 0.500. The first-order valence-corrected chi connectivity index (χ1v) is 6.99. The zero-order valence-electron chi connectivity index (χ0n) is 12.5. The average molecular weight is 295 g/mol. The highest BCUT2D eigenvalue weighted by Gasteiger charge is 2.21. The van der Waals surface area contributed by atoms with Gasteiger partial charge in [0.1, 0.15) is 0 Å². The molecule has 20 heavy (non-hydrogen) atoms. The average Bonchev–Trinajstić information content (AvgIpc) is 2.80. The molecular formula is C14H19ClN4O. The number of hydrogen-bond acceptors (Lipinski definition) is 3. The van der Waals surface area contributed by atoms with E-state index in [0.717, 1.165) is 22.8 Å². The van der Waals surface area contributed by atoms with Crippen molar-refractivity contribution in [1.29, 1.82) is 0 Å². The number of carbonyl (C=O) groups is 1. The van der Waals surface area contributed by atoms with Crippen molar-refractivity contribution in [3.8, 4) is 0 Å². The molecule has 0 saturated heterocycles. The van der Waals surface area contributed by atoms with Crippen LogP contribution in [0.5, 0.6) is 0 Å². The molecule has 5 nitrogen and oxygen atoms in total. The second-order valence-corrected chi connectivity index (χ2v) is 5.31. The third kappa shape index (κ3) is 2.38. The summed E-state index contributed by atoms with van der Waals surface area (Å²) in [6.07, 6.45) is 0.251. The van der Waals surface area contributed by atoms with Crippen LogP contribution in [0, 0.1) is 20.8 Å². The molecule has 0 fully saturated rings. The molecular weight excluding hydrogens is 276 g/mol. The van der Waals surface area contributed by atoms with Crippen molar-refractivity contribution in [3.63, 3.8) is 0 Å². The molecule has 6 heteroatoms. The Morgan fingerprint density at radius 1 is 1.20 bits per heavy atom. The molecule has 0 amide bonds. The number of aromatic nitrogens is 4. The number of hydrogen-bond donors (Lipinski definition) is 0. The van der Waals surface area contributed by atoms with Crippen LogP contribution in [-0.4, -0.2) is 25.3 Å². The zero-order chi connectivity index (χ0) is 15.0. The number of carbonyl (C=O) groups excluding carboxylic acids is 1. The molecule has 0 aliphatic rings. The first-order chi connectivity index (χ1) is 9.36. The Kier molecular flexibility index (Phi) is 3.99. The fourth-order valence-electron chi connectivity index (χ4n) is 2.46. The quantitative estimate of drug-likeness (QED) is 0.815. The van der Waals surface area contributed by atoms with Gasteiger partial charge >= 0.3 is 0 Å². The fourth-order valence-corrected chi connectivity index (χ4v) is 2.66. The van der Waals surface area contributed by atoms with Crippen LogP contribution in [0.3, 0.4) is 0 Å². The van der Waals surface area contributed by atoms with Crippen molar-refractivity contribution in [3.05, 3.63) is 33.4 Å². The van der Waals surface area contributed by atoms with Crippen molar-refractivity contribution >= 4 is 17.4 Å². The first-order valence-electron chi connectivity index (χ1n) is 6.62. The molecule has 0 unspecified atom stereocenters. The maximum absolute atomic E-state index is 12.5. The number of nitrogens with zero attached hydrogens (tertiary/aromatic N) is 4. The second kappa shape index (κ2) is 5.40. The minimum atomic E-state index is 0.0320. The predicted molar refractivity (Wildman–Crippen MR) is 78.4 cm³/mol. The molecule has 0 aliphatic carbocycles. The van der Waals surface area contributed by atoms with Crippen LogP contribution < -0.4 is 0 Å². The summed E-state index contributed by atoms with van der Waals surface area (Å²) < 4.78 is 3.52. The summed E-state index contributed by atoms with van der Waals surface area (Å²) in [5, 5.41) is 9.20. The van der Waals surface area contributed by atoms with Crippen LogP contribution in [0.2, 0.25) is 5.02 Å². The molecule has 0 N–H and O–H groups in total. The molecule has 0 spiro atoms. The molecule has 0 aromatic carbocycles. The van der Waals surface area contributed by atoms with Gasteiger partial charge in [-0.3, -0.25) is 14.2 Å². The normalized spacial score (nSPS) is 11.1. The molecule has 0 atom stereocenters. The van der Waals surface area contributed by atoms with Crippen LogP contribution in [-0.2, 0) is 20.0 Å². The van der Waals surface area contributed by atoms with Gasteiger partial charge in [-0.25, -0.2) is 0 Å². The van der Waals surface area contributed by atoms with Crippen LogP contribution in [0.4, 0.5) is 0 Å². The number of rotatable bonds is 4. The standard InChI is InChI=1S/C14H19ClN4O/c1-6-19-11(14(15)9(3)17-19)7-12(20)13-8(2)16-18(5)10(13)4/h6-7H2,1-5H3. The SMILES string of the molecule is CCn1nc(C)c(Cl)c1CC(=O)c1c(C)nn(C)c1C. The Bertz CT molecular complexity index is 669. The van der Waals surface area contributed by atoms with Crippen LogP contribution in [0.1, 0.15) is 40.1 Å². The lowest BCUT2D eigenvalue weighted by Crippen LogP contribution is -2.11. The van der Waals surface area contributed by atoms with E-state index in [2.05, 4.69) is 10.2 Å². The van der Waals surface area contributed by atoms with Crippen molar-refractivity contribution in [2.24, 2.45) is 7.05 Å². The molecule has 0 bridgehead atoms. The van der Waals surface area contributed by atoms with E-state index in [1.165, 1.54) is 0 Å². The molecule has 2 aromatic heterocycles. The summed E-state index contributed by atoms with van der Waals surface area (Å²) in [7, 11) is 1.84. The lowest BCUT2D eigenvalue weighted by atomic mass is 10.0. The molecule has 2 rings (SSSR count). The summed E-state index contributed by atoms with van der Waals surface area (Å²) in [5.74, 6) is 0.0320. The number of Topliss-reactive ketones (excluding diaryl/α,β-unsaturated/α-hetero) is 1. The highest BCUT2D eigenvalue weighted by molar-refractivity contribution is 6.32. The van der Waals surface area contributed by atoms with Gasteiger partial charge in [-0.2, -0.15) is 10.2 Å². The molecule has 2 heterocycles. The summed E-state index contributed by atoms with van der Waals surface area (Å²) in [5.41, 5.74) is 3.86.